The zero-order chi connectivity index (χ0) is 18.2. The van der Waals surface area contributed by atoms with E-state index in [9.17, 15) is 18.0 Å². The van der Waals surface area contributed by atoms with Crippen LogP contribution in [0.15, 0.2) is 36.4 Å². The van der Waals surface area contributed by atoms with E-state index in [2.05, 4.69) is 10.8 Å². The van der Waals surface area contributed by atoms with Gasteiger partial charge in [-0.1, -0.05) is 12.1 Å². The van der Waals surface area contributed by atoms with Gasteiger partial charge in [-0.05, 0) is 47.9 Å². The molecule has 0 saturated heterocycles. The zero-order valence-electron chi connectivity index (χ0n) is 13.2. The fourth-order valence-corrected chi connectivity index (χ4v) is 2.94. The number of aryl methyl sites for hydroxylation is 1. The molecule has 0 unspecified atom stereocenters. The van der Waals surface area contributed by atoms with Crippen LogP contribution in [0.25, 0.3) is 0 Å². The van der Waals surface area contributed by atoms with Gasteiger partial charge in [0.15, 0.2) is 0 Å². The van der Waals surface area contributed by atoms with E-state index in [1.807, 2.05) is 0 Å². The molecule has 25 heavy (non-hydrogen) atoms. The minimum atomic E-state index is -4.73. The van der Waals surface area contributed by atoms with Crippen LogP contribution in [-0.4, -0.2) is 17.2 Å². The van der Waals surface area contributed by atoms with Gasteiger partial charge in [0.05, 0.1) is 11.6 Å². The number of amides is 1. The average molecular weight is 346 g/mol. The van der Waals surface area contributed by atoms with Gasteiger partial charge in [0.2, 0.25) is 0 Å². The summed E-state index contributed by atoms with van der Waals surface area (Å²) in [6.07, 6.45) is -4.73. The minimum Gasteiger partial charge on any atom is -0.406 e. The van der Waals surface area contributed by atoms with E-state index in [4.69, 9.17) is 5.26 Å². The Hall–Kier alpha value is -3.01. The maximum Gasteiger partial charge on any atom is 0.573 e. The van der Waals surface area contributed by atoms with Crippen molar-refractivity contribution in [2.45, 2.75) is 26.4 Å². The van der Waals surface area contributed by atoms with Gasteiger partial charge in [-0.25, -0.2) is 0 Å². The van der Waals surface area contributed by atoms with Crippen molar-refractivity contribution < 1.29 is 22.7 Å². The molecule has 0 spiro atoms. The normalized spacial score (nSPS) is 13.6. The second-order valence-electron chi connectivity index (χ2n) is 5.79. The van der Waals surface area contributed by atoms with E-state index < -0.39 is 6.36 Å². The van der Waals surface area contributed by atoms with E-state index in [0.717, 1.165) is 11.1 Å². The number of halogens is 3. The molecule has 1 amide bonds. The van der Waals surface area contributed by atoms with Crippen molar-refractivity contribution in [3.05, 3.63) is 64.2 Å². The van der Waals surface area contributed by atoms with Crippen LogP contribution in [0.4, 0.5) is 13.2 Å². The lowest BCUT2D eigenvalue weighted by atomic mass is 10.0. The quantitative estimate of drug-likeness (QED) is 0.846. The molecular weight excluding hydrogens is 333 g/mol. The molecule has 1 aliphatic rings. The molecule has 0 bridgehead atoms. The highest BCUT2D eigenvalue weighted by molar-refractivity contribution is 5.99. The van der Waals surface area contributed by atoms with E-state index >= 15 is 0 Å². The summed E-state index contributed by atoms with van der Waals surface area (Å²) in [4.78, 5) is 14.1. The van der Waals surface area contributed by atoms with Crippen LogP contribution < -0.4 is 4.74 Å². The maximum atomic E-state index is 12.5. The van der Waals surface area contributed by atoms with Gasteiger partial charge in [0.25, 0.3) is 5.91 Å². The van der Waals surface area contributed by atoms with Crippen molar-refractivity contribution in [1.29, 1.82) is 5.26 Å². The summed E-state index contributed by atoms with van der Waals surface area (Å²) in [5, 5.41) is 9.03. The molecule has 7 heteroatoms. The molecule has 2 aromatic rings. The number of alkyl halides is 3. The Bertz CT molecular complexity index is 868. The monoisotopic (exact) mass is 346 g/mol. The molecule has 0 N–H and O–H groups in total. The van der Waals surface area contributed by atoms with E-state index in [0.29, 0.717) is 23.2 Å². The first-order valence-electron chi connectivity index (χ1n) is 7.44. The third-order valence-corrected chi connectivity index (χ3v) is 3.94. The molecular formula is C18H13F3N2O2. The standard InChI is InChI=1S/C18H13F3N2O2/c1-11-6-13(8-22)7-14-10-23(17(24)16(11)14)9-12-2-4-15(5-3-12)25-18(19,20)21/h2-7H,9-10H2,1H3. The Kier molecular flexibility index (Phi) is 4.13. The number of hydrogen-bond donors (Lipinski definition) is 0. The van der Waals surface area contributed by atoms with Crippen LogP contribution in [0.1, 0.15) is 32.6 Å². The summed E-state index contributed by atoms with van der Waals surface area (Å²) in [7, 11) is 0. The molecule has 0 aromatic heterocycles. The molecule has 1 heterocycles. The fourth-order valence-electron chi connectivity index (χ4n) is 2.94. The Labute approximate surface area is 142 Å². The van der Waals surface area contributed by atoms with Crippen molar-refractivity contribution in [1.82, 2.24) is 4.90 Å². The number of ether oxygens (including phenoxy) is 1. The largest absolute Gasteiger partial charge is 0.573 e. The topological polar surface area (TPSA) is 53.3 Å². The van der Waals surface area contributed by atoms with Crippen LogP contribution in [0.5, 0.6) is 5.75 Å². The average Bonchev–Trinajstić information content (AvgIpc) is 2.84. The molecule has 0 atom stereocenters. The Balaban J connectivity index is 1.76. The lowest BCUT2D eigenvalue weighted by molar-refractivity contribution is -0.274. The number of benzene rings is 2. The molecule has 0 saturated carbocycles. The second-order valence-corrected chi connectivity index (χ2v) is 5.79. The summed E-state index contributed by atoms with van der Waals surface area (Å²) in [6, 6.07) is 10.8. The summed E-state index contributed by atoms with van der Waals surface area (Å²) in [6.45, 7) is 2.41. The Morgan fingerprint density at radius 1 is 1.24 bits per heavy atom. The smallest absolute Gasteiger partial charge is 0.406 e. The molecule has 1 aliphatic heterocycles. The van der Waals surface area contributed by atoms with Crippen molar-refractivity contribution in [2.75, 3.05) is 0 Å². The van der Waals surface area contributed by atoms with Crippen LogP contribution in [0.2, 0.25) is 0 Å². The number of rotatable bonds is 3. The first kappa shape index (κ1) is 16.8. The zero-order valence-corrected chi connectivity index (χ0v) is 13.2. The number of carbonyl (C=O) groups excluding carboxylic acids is 1. The first-order chi connectivity index (χ1) is 11.8. The second kappa shape index (κ2) is 6.13. The van der Waals surface area contributed by atoms with Gasteiger partial charge < -0.3 is 9.64 Å². The van der Waals surface area contributed by atoms with Gasteiger partial charge in [-0.15, -0.1) is 13.2 Å². The highest BCUT2D eigenvalue weighted by Gasteiger charge is 2.31. The summed E-state index contributed by atoms with van der Waals surface area (Å²) in [5.74, 6) is -0.450. The van der Waals surface area contributed by atoms with Gasteiger partial charge in [0, 0.05) is 18.7 Å². The van der Waals surface area contributed by atoms with Crippen LogP contribution in [0, 0.1) is 18.3 Å². The lowest BCUT2D eigenvalue weighted by Crippen LogP contribution is -2.23. The predicted octanol–water partition coefficient (Wildman–Crippen LogP) is 3.92. The third-order valence-electron chi connectivity index (χ3n) is 3.94. The number of nitrogens with zero attached hydrogens (tertiary/aromatic N) is 2. The third kappa shape index (κ3) is 3.58. The van der Waals surface area contributed by atoms with Crippen molar-refractivity contribution in [3.8, 4) is 11.8 Å². The van der Waals surface area contributed by atoms with E-state index in [-0.39, 0.29) is 18.2 Å². The van der Waals surface area contributed by atoms with Gasteiger partial charge >= 0.3 is 6.36 Å². The van der Waals surface area contributed by atoms with Gasteiger partial charge in [0.1, 0.15) is 5.75 Å². The number of fused-ring (bicyclic) bond motifs is 1. The molecule has 2 aromatic carbocycles. The van der Waals surface area contributed by atoms with E-state index in [1.54, 1.807) is 24.0 Å². The van der Waals surface area contributed by atoms with Crippen molar-refractivity contribution in [2.24, 2.45) is 0 Å². The van der Waals surface area contributed by atoms with Crippen molar-refractivity contribution >= 4 is 5.91 Å². The Morgan fingerprint density at radius 2 is 1.92 bits per heavy atom. The molecule has 4 nitrogen and oxygen atoms in total. The SMILES string of the molecule is Cc1cc(C#N)cc2c1C(=O)N(Cc1ccc(OC(F)(F)F)cc1)C2. The molecule has 0 radical (unpaired) electrons. The molecule has 128 valence electrons. The maximum absolute atomic E-state index is 12.5. The highest BCUT2D eigenvalue weighted by atomic mass is 19.4. The highest BCUT2D eigenvalue weighted by Crippen LogP contribution is 2.29. The Morgan fingerprint density at radius 3 is 2.52 bits per heavy atom. The summed E-state index contributed by atoms with van der Waals surface area (Å²) < 4.78 is 40.4. The first-order valence-corrected chi connectivity index (χ1v) is 7.44. The number of nitriles is 1. The van der Waals surface area contributed by atoms with Crippen molar-refractivity contribution in [3.63, 3.8) is 0 Å². The lowest BCUT2D eigenvalue weighted by Gasteiger charge is -2.16. The van der Waals surface area contributed by atoms with Gasteiger partial charge in [-0.3, -0.25) is 4.79 Å². The molecule has 3 rings (SSSR count). The van der Waals surface area contributed by atoms with Crippen LogP contribution in [0.3, 0.4) is 0 Å². The number of carbonyl (C=O) groups is 1. The minimum absolute atomic E-state index is 0.146. The fraction of sp³-hybridized carbons (Fsp3) is 0.222. The summed E-state index contributed by atoms with van der Waals surface area (Å²) >= 11 is 0. The predicted molar refractivity (Wildman–Crippen MR) is 82.6 cm³/mol. The molecule has 0 aliphatic carbocycles. The van der Waals surface area contributed by atoms with Crippen LogP contribution in [-0.2, 0) is 13.1 Å². The van der Waals surface area contributed by atoms with Gasteiger partial charge in [-0.2, -0.15) is 5.26 Å². The summed E-state index contributed by atoms with van der Waals surface area (Å²) in [5.41, 5.74) is 3.32. The van der Waals surface area contributed by atoms with Crippen LogP contribution >= 0.6 is 0 Å². The molecule has 0 fully saturated rings. The number of hydrogen-bond acceptors (Lipinski definition) is 3. The van der Waals surface area contributed by atoms with E-state index in [1.165, 1.54) is 24.3 Å².